The minimum absolute atomic E-state index is 0.145. The van der Waals surface area contributed by atoms with Crippen molar-refractivity contribution < 1.29 is 18.4 Å². The smallest absolute Gasteiger partial charge is 0.246 e. The van der Waals surface area contributed by atoms with E-state index in [0.717, 1.165) is 0 Å². The Balaban J connectivity index is 1.44. The number of rotatable bonds is 5. The second-order valence-electron chi connectivity index (χ2n) is 6.55. The van der Waals surface area contributed by atoms with Crippen molar-refractivity contribution in [1.29, 1.82) is 0 Å². The highest BCUT2D eigenvalue weighted by atomic mass is 19.1. The van der Waals surface area contributed by atoms with E-state index in [-0.39, 0.29) is 24.2 Å². The molecule has 2 aromatic rings. The average Bonchev–Trinajstić information content (AvgIpc) is 2.67. The Morgan fingerprint density at radius 3 is 2.32 bits per heavy atom. The van der Waals surface area contributed by atoms with Gasteiger partial charge in [-0.2, -0.15) is 0 Å². The summed E-state index contributed by atoms with van der Waals surface area (Å²) in [5.74, 6) is -1.12. The van der Waals surface area contributed by atoms with E-state index in [1.807, 2.05) is 4.90 Å². The second-order valence-corrected chi connectivity index (χ2v) is 6.55. The lowest BCUT2D eigenvalue weighted by Crippen LogP contribution is -2.50. The third-order valence-corrected chi connectivity index (χ3v) is 4.43. The van der Waals surface area contributed by atoms with Crippen LogP contribution in [0, 0.1) is 11.6 Å². The zero-order valence-electron chi connectivity index (χ0n) is 15.3. The first-order valence-electron chi connectivity index (χ1n) is 9.00. The number of carbonyl (C=O) groups is 2. The molecule has 0 bridgehead atoms. The number of nitrogens with one attached hydrogen (secondary N) is 1. The molecule has 0 unspecified atom stereocenters. The molecule has 2 amide bonds. The molecular formula is C21H21F2N3O2. The minimum Gasteiger partial charge on any atom is -0.337 e. The van der Waals surface area contributed by atoms with Crippen LogP contribution >= 0.6 is 0 Å². The summed E-state index contributed by atoms with van der Waals surface area (Å²) in [7, 11) is 0. The van der Waals surface area contributed by atoms with Crippen LogP contribution in [0.25, 0.3) is 6.08 Å². The van der Waals surface area contributed by atoms with Gasteiger partial charge in [0.15, 0.2) is 0 Å². The Hall–Kier alpha value is -3.06. The SMILES string of the molecule is O=C(CN1CCN(C(=O)/C=C/c2cccc(F)c2)CC1)Nc1cccc(F)c1. The summed E-state index contributed by atoms with van der Waals surface area (Å²) in [6, 6.07) is 11.8. The van der Waals surface area contributed by atoms with Crippen LogP contribution in [-0.4, -0.2) is 54.3 Å². The Morgan fingerprint density at radius 1 is 0.964 bits per heavy atom. The summed E-state index contributed by atoms with van der Waals surface area (Å²) in [6.45, 7) is 2.31. The zero-order valence-corrected chi connectivity index (χ0v) is 15.3. The van der Waals surface area contributed by atoms with E-state index in [9.17, 15) is 18.4 Å². The molecule has 1 aliphatic rings. The lowest BCUT2D eigenvalue weighted by Gasteiger charge is -2.33. The fourth-order valence-electron chi connectivity index (χ4n) is 2.98. The van der Waals surface area contributed by atoms with Crippen molar-refractivity contribution in [1.82, 2.24) is 9.80 Å². The number of benzene rings is 2. The van der Waals surface area contributed by atoms with Gasteiger partial charge in [0.25, 0.3) is 0 Å². The predicted molar refractivity (Wildman–Crippen MR) is 103 cm³/mol. The van der Waals surface area contributed by atoms with Crippen LogP contribution in [-0.2, 0) is 9.59 Å². The molecule has 7 heteroatoms. The first-order valence-corrected chi connectivity index (χ1v) is 9.00. The van der Waals surface area contributed by atoms with E-state index in [4.69, 9.17) is 0 Å². The van der Waals surface area contributed by atoms with Crippen LogP contribution in [0.4, 0.5) is 14.5 Å². The second kappa shape index (κ2) is 9.23. The topological polar surface area (TPSA) is 52.7 Å². The number of hydrogen-bond acceptors (Lipinski definition) is 3. The number of amides is 2. The van der Waals surface area contributed by atoms with Gasteiger partial charge in [0, 0.05) is 37.9 Å². The lowest BCUT2D eigenvalue weighted by atomic mass is 10.2. The molecule has 1 N–H and O–H groups in total. The van der Waals surface area contributed by atoms with Crippen molar-refractivity contribution >= 4 is 23.6 Å². The summed E-state index contributed by atoms with van der Waals surface area (Å²) in [5.41, 5.74) is 1.04. The monoisotopic (exact) mass is 385 g/mol. The molecule has 0 aromatic heterocycles. The first-order chi connectivity index (χ1) is 13.5. The molecule has 3 rings (SSSR count). The summed E-state index contributed by atoms with van der Waals surface area (Å²) in [6.07, 6.45) is 3.02. The third kappa shape index (κ3) is 5.72. The maximum absolute atomic E-state index is 13.2. The number of piperazine rings is 1. The number of nitrogens with zero attached hydrogens (tertiary/aromatic N) is 2. The van der Waals surface area contributed by atoms with E-state index in [1.54, 1.807) is 29.2 Å². The fraction of sp³-hybridized carbons (Fsp3) is 0.238. The van der Waals surface area contributed by atoms with Crippen LogP contribution in [0.15, 0.2) is 54.6 Å². The van der Waals surface area contributed by atoms with Crippen molar-refractivity contribution in [3.8, 4) is 0 Å². The van der Waals surface area contributed by atoms with Crippen molar-refractivity contribution in [2.24, 2.45) is 0 Å². The van der Waals surface area contributed by atoms with Gasteiger partial charge in [0.2, 0.25) is 11.8 Å². The highest BCUT2D eigenvalue weighted by Gasteiger charge is 2.21. The molecule has 0 spiro atoms. The highest BCUT2D eigenvalue weighted by molar-refractivity contribution is 5.93. The van der Waals surface area contributed by atoms with Gasteiger partial charge in [0.1, 0.15) is 11.6 Å². The molecule has 1 fully saturated rings. The van der Waals surface area contributed by atoms with E-state index in [0.29, 0.717) is 37.4 Å². The van der Waals surface area contributed by atoms with Gasteiger partial charge in [-0.05, 0) is 42.0 Å². The van der Waals surface area contributed by atoms with Gasteiger partial charge in [-0.15, -0.1) is 0 Å². The van der Waals surface area contributed by atoms with E-state index in [1.165, 1.54) is 36.4 Å². The van der Waals surface area contributed by atoms with Gasteiger partial charge in [0.05, 0.1) is 6.54 Å². The molecule has 146 valence electrons. The summed E-state index contributed by atoms with van der Waals surface area (Å²) in [5, 5.41) is 2.66. The van der Waals surface area contributed by atoms with Crippen molar-refractivity contribution in [3.05, 3.63) is 71.8 Å². The van der Waals surface area contributed by atoms with Crippen molar-refractivity contribution in [3.63, 3.8) is 0 Å². The Kier molecular flexibility index (Phi) is 6.49. The molecule has 2 aromatic carbocycles. The zero-order chi connectivity index (χ0) is 19.9. The van der Waals surface area contributed by atoms with Crippen molar-refractivity contribution in [2.45, 2.75) is 0 Å². The maximum atomic E-state index is 13.2. The van der Waals surface area contributed by atoms with Crippen LogP contribution < -0.4 is 5.32 Å². The summed E-state index contributed by atoms with van der Waals surface area (Å²) in [4.78, 5) is 28.0. The molecule has 5 nitrogen and oxygen atoms in total. The van der Waals surface area contributed by atoms with Gasteiger partial charge >= 0.3 is 0 Å². The quantitative estimate of drug-likeness (QED) is 0.806. The molecule has 0 radical (unpaired) electrons. The standard InChI is InChI=1S/C21H21F2N3O2/c22-17-4-1-3-16(13-17)7-8-21(28)26-11-9-25(10-12-26)15-20(27)24-19-6-2-5-18(23)14-19/h1-8,13-14H,9-12,15H2,(H,24,27)/b8-7+. The molecule has 0 aliphatic carbocycles. The molecule has 0 atom stereocenters. The Morgan fingerprint density at radius 2 is 1.64 bits per heavy atom. The van der Waals surface area contributed by atoms with Crippen molar-refractivity contribution in [2.75, 3.05) is 38.0 Å². The van der Waals surface area contributed by atoms with Gasteiger partial charge < -0.3 is 10.2 Å². The number of halogens is 2. The lowest BCUT2D eigenvalue weighted by molar-refractivity contribution is -0.127. The van der Waals surface area contributed by atoms with Crippen LogP contribution in [0.3, 0.4) is 0 Å². The molecule has 1 saturated heterocycles. The Labute approximate surface area is 162 Å². The molecule has 0 saturated carbocycles. The number of carbonyl (C=O) groups excluding carboxylic acids is 2. The predicted octanol–water partition coefficient (Wildman–Crippen LogP) is 2.76. The van der Waals surface area contributed by atoms with Crippen LogP contribution in [0.2, 0.25) is 0 Å². The fourth-order valence-corrected chi connectivity index (χ4v) is 2.98. The highest BCUT2D eigenvalue weighted by Crippen LogP contribution is 2.10. The van der Waals surface area contributed by atoms with E-state index in [2.05, 4.69) is 5.32 Å². The Bertz CT molecular complexity index is 877. The molecule has 1 aliphatic heterocycles. The number of hydrogen-bond donors (Lipinski definition) is 1. The van der Waals surface area contributed by atoms with E-state index < -0.39 is 5.82 Å². The molecular weight excluding hydrogens is 364 g/mol. The molecule has 1 heterocycles. The average molecular weight is 385 g/mol. The molecule has 28 heavy (non-hydrogen) atoms. The van der Waals surface area contributed by atoms with Gasteiger partial charge in [-0.25, -0.2) is 8.78 Å². The number of anilines is 1. The maximum Gasteiger partial charge on any atom is 0.246 e. The first kappa shape index (κ1) is 19.7. The largest absolute Gasteiger partial charge is 0.337 e. The summed E-state index contributed by atoms with van der Waals surface area (Å²) >= 11 is 0. The minimum atomic E-state index is -0.406. The summed E-state index contributed by atoms with van der Waals surface area (Å²) < 4.78 is 26.3. The van der Waals surface area contributed by atoms with Crippen LogP contribution in [0.5, 0.6) is 0 Å². The normalized spacial score (nSPS) is 15.0. The van der Waals surface area contributed by atoms with Gasteiger partial charge in [-0.1, -0.05) is 18.2 Å². The van der Waals surface area contributed by atoms with Gasteiger partial charge in [-0.3, -0.25) is 14.5 Å². The van der Waals surface area contributed by atoms with Crippen LogP contribution in [0.1, 0.15) is 5.56 Å². The van der Waals surface area contributed by atoms with E-state index >= 15 is 0 Å². The third-order valence-electron chi connectivity index (χ3n) is 4.43.